The third-order valence-corrected chi connectivity index (χ3v) is 3.56. The predicted octanol–water partition coefficient (Wildman–Crippen LogP) is 3.88. The van der Waals surface area contributed by atoms with Crippen LogP contribution in [0.1, 0.15) is 21.8 Å². The number of esters is 1. The molecule has 1 aromatic heterocycles. The first-order chi connectivity index (χ1) is 13.0. The van der Waals surface area contributed by atoms with Crippen LogP contribution in [0.15, 0.2) is 59.1 Å². The van der Waals surface area contributed by atoms with Crippen LogP contribution >= 0.6 is 0 Å². The van der Waals surface area contributed by atoms with Gasteiger partial charge in [-0.25, -0.2) is 4.79 Å². The molecule has 138 valence electrons. The van der Waals surface area contributed by atoms with Crippen molar-refractivity contribution in [2.45, 2.75) is 13.8 Å². The number of ether oxygens (including phenoxy) is 2. The number of hydrogen-bond acceptors (Lipinski definition) is 6. The van der Waals surface area contributed by atoms with Crippen molar-refractivity contribution < 1.29 is 23.6 Å². The van der Waals surface area contributed by atoms with Gasteiger partial charge in [0.05, 0.1) is 5.69 Å². The fourth-order valence-corrected chi connectivity index (χ4v) is 2.21. The molecule has 1 heterocycles. The van der Waals surface area contributed by atoms with Gasteiger partial charge in [0.1, 0.15) is 11.5 Å². The van der Waals surface area contributed by atoms with E-state index in [-0.39, 0.29) is 5.76 Å². The van der Waals surface area contributed by atoms with E-state index in [1.165, 1.54) is 6.07 Å². The standard InChI is InChI=1S/C20H18N2O5/c1-13-3-7-16(8-4-13)26-17-9-5-15(6-10-17)21-19(23)12-25-20(24)18-11-14(2)22-27-18/h3-11H,12H2,1-2H3,(H,21,23). The molecule has 3 aromatic rings. The topological polar surface area (TPSA) is 90.7 Å². The van der Waals surface area contributed by atoms with E-state index in [4.69, 9.17) is 14.0 Å². The van der Waals surface area contributed by atoms with Crippen LogP contribution in [0, 0.1) is 13.8 Å². The Hall–Kier alpha value is -3.61. The molecule has 1 amide bonds. The molecule has 27 heavy (non-hydrogen) atoms. The summed E-state index contributed by atoms with van der Waals surface area (Å²) >= 11 is 0. The van der Waals surface area contributed by atoms with Gasteiger partial charge in [0.2, 0.25) is 5.76 Å². The summed E-state index contributed by atoms with van der Waals surface area (Å²) in [6.45, 7) is 3.25. The van der Waals surface area contributed by atoms with Crippen LogP contribution in [0.25, 0.3) is 0 Å². The van der Waals surface area contributed by atoms with Crippen molar-refractivity contribution in [2.75, 3.05) is 11.9 Å². The average molecular weight is 366 g/mol. The molecule has 0 saturated heterocycles. The van der Waals surface area contributed by atoms with Crippen LogP contribution in [-0.4, -0.2) is 23.6 Å². The van der Waals surface area contributed by atoms with Crippen molar-refractivity contribution in [1.82, 2.24) is 5.16 Å². The zero-order chi connectivity index (χ0) is 19.2. The van der Waals surface area contributed by atoms with E-state index in [1.807, 2.05) is 31.2 Å². The summed E-state index contributed by atoms with van der Waals surface area (Å²) in [5, 5.41) is 6.22. The Labute approximate surface area is 155 Å². The van der Waals surface area contributed by atoms with Gasteiger partial charge in [-0.1, -0.05) is 22.9 Å². The maximum absolute atomic E-state index is 11.9. The highest BCUT2D eigenvalue weighted by molar-refractivity contribution is 5.94. The lowest BCUT2D eigenvalue weighted by Gasteiger charge is -2.08. The van der Waals surface area contributed by atoms with Gasteiger partial charge >= 0.3 is 5.97 Å². The van der Waals surface area contributed by atoms with Gasteiger partial charge < -0.3 is 19.3 Å². The van der Waals surface area contributed by atoms with Crippen molar-refractivity contribution in [1.29, 1.82) is 0 Å². The molecular weight excluding hydrogens is 348 g/mol. The normalized spacial score (nSPS) is 10.3. The number of carbonyl (C=O) groups excluding carboxylic acids is 2. The third-order valence-electron chi connectivity index (χ3n) is 3.56. The van der Waals surface area contributed by atoms with Gasteiger partial charge in [-0.05, 0) is 50.2 Å². The lowest BCUT2D eigenvalue weighted by atomic mass is 10.2. The fraction of sp³-hybridized carbons (Fsp3) is 0.150. The molecule has 0 aliphatic heterocycles. The quantitative estimate of drug-likeness (QED) is 0.666. The fourth-order valence-electron chi connectivity index (χ4n) is 2.21. The van der Waals surface area contributed by atoms with Crippen LogP contribution in [0.5, 0.6) is 11.5 Å². The number of rotatable bonds is 6. The van der Waals surface area contributed by atoms with Gasteiger partial charge in [0, 0.05) is 11.8 Å². The Morgan fingerprint density at radius 1 is 1.00 bits per heavy atom. The molecule has 0 unspecified atom stereocenters. The summed E-state index contributed by atoms with van der Waals surface area (Å²) in [4.78, 5) is 23.6. The minimum atomic E-state index is -0.743. The van der Waals surface area contributed by atoms with Crippen LogP contribution < -0.4 is 10.1 Å². The molecule has 0 fully saturated rings. The molecule has 0 radical (unpaired) electrons. The minimum Gasteiger partial charge on any atom is -0.457 e. The zero-order valence-electron chi connectivity index (χ0n) is 14.9. The molecule has 7 nitrogen and oxygen atoms in total. The molecule has 0 atom stereocenters. The molecule has 0 aliphatic carbocycles. The SMILES string of the molecule is Cc1ccc(Oc2ccc(NC(=O)COC(=O)c3cc(C)no3)cc2)cc1. The number of nitrogens with zero attached hydrogens (tertiary/aromatic N) is 1. The maximum Gasteiger partial charge on any atom is 0.377 e. The second-order valence-electron chi connectivity index (χ2n) is 5.90. The summed E-state index contributed by atoms with van der Waals surface area (Å²) in [6, 6.07) is 16.0. The highest BCUT2D eigenvalue weighted by atomic mass is 16.6. The first-order valence-corrected chi connectivity index (χ1v) is 8.24. The van der Waals surface area contributed by atoms with Crippen LogP contribution in [0.2, 0.25) is 0 Å². The Morgan fingerprint density at radius 2 is 1.63 bits per heavy atom. The van der Waals surface area contributed by atoms with Crippen LogP contribution in [0.4, 0.5) is 5.69 Å². The van der Waals surface area contributed by atoms with Gasteiger partial charge in [-0.3, -0.25) is 4.79 Å². The van der Waals surface area contributed by atoms with E-state index >= 15 is 0 Å². The van der Waals surface area contributed by atoms with Crippen molar-refractivity contribution in [3.05, 3.63) is 71.6 Å². The summed E-state index contributed by atoms with van der Waals surface area (Å²) in [5.74, 6) is 0.119. The molecule has 3 rings (SSSR count). The monoisotopic (exact) mass is 366 g/mol. The lowest BCUT2D eigenvalue weighted by molar-refractivity contribution is -0.119. The second-order valence-corrected chi connectivity index (χ2v) is 5.90. The summed E-state index contributed by atoms with van der Waals surface area (Å²) < 4.78 is 15.4. The summed E-state index contributed by atoms with van der Waals surface area (Å²) in [7, 11) is 0. The van der Waals surface area contributed by atoms with E-state index in [2.05, 4.69) is 10.5 Å². The molecule has 2 aromatic carbocycles. The number of amides is 1. The molecule has 0 saturated carbocycles. The Bertz CT molecular complexity index is 930. The number of aromatic nitrogens is 1. The van der Waals surface area contributed by atoms with E-state index in [9.17, 15) is 9.59 Å². The van der Waals surface area contributed by atoms with E-state index in [0.717, 1.165) is 11.3 Å². The molecule has 0 aliphatic rings. The highest BCUT2D eigenvalue weighted by Crippen LogP contribution is 2.23. The first-order valence-electron chi connectivity index (χ1n) is 8.24. The third kappa shape index (κ3) is 5.18. The number of hydrogen-bond donors (Lipinski definition) is 1. The van der Waals surface area contributed by atoms with E-state index in [1.54, 1.807) is 31.2 Å². The molecular formula is C20H18N2O5. The average Bonchev–Trinajstić information content (AvgIpc) is 3.10. The van der Waals surface area contributed by atoms with Crippen LogP contribution in [0.3, 0.4) is 0 Å². The molecule has 7 heteroatoms. The van der Waals surface area contributed by atoms with Crippen molar-refractivity contribution in [3.8, 4) is 11.5 Å². The van der Waals surface area contributed by atoms with Gasteiger partial charge in [0.15, 0.2) is 6.61 Å². The number of carbonyl (C=O) groups is 2. The molecule has 0 spiro atoms. The van der Waals surface area contributed by atoms with E-state index < -0.39 is 18.5 Å². The Balaban J connectivity index is 1.49. The number of benzene rings is 2. The Morgan fingerprint density at radius 3 is 2.22 bits per heavy atom. The molecule has 0 bridgehead atoms. The highest BCUT2D eigenvalue weighted by Gasteiger charge is 2.15. The first kappa shape index (κ1) is 18.2. The summed E-state index contributed by atoms with van der Waals surface area (Å²) in [5.41, 5.74) is 2.27. The second kappa shape index (κ2) is 8.18. The van der Waals surface area contributed by atoms with Crippen molar-refractivity contribution in [2.24, 2.45) is 0 Å². The zero-order valence-corrected chi connectivity index (χ0v) is 14.9. The Kier molecular flexibility index (Phi) is 5.51. The number of aryl methyl sites for hydroxylation is 2. The predicted molar refractivity (Wildman–Crippen MR) is 97.8 cm³/mol. The largest absolute Gasteiger partial charge is 0.457 e. The number of nitrogens with one attached hydrogen (secondary N) is 1. The van der Waals surface area contributed by atoms with Crippen LogP contribution in [-0.2, 0) is 9.53 Å². The molecule has 1 N–H and O–H groups in total. The van der Waals surface area contributed by atoms with E-state index in [0.29, 0.717) is 17.1 Å². The number of anilines is 1. The van der Waals surface area contributed by atoms with Crippen molar-refractivity contribution >= 4 is 17.6 Å². The minimum absolute atomic E-state index is 0.0436. The maximum atomic E-state index is 11.9. The van der Waals surface area contributed by atoms with Crippen molar-refractivity contribution in [3.63, 3.8) is 0 Å². The van der Waals surface area contributed by atoms with Gasteiger partial charge in [0.25, 0.3) is 5.91 Å². The smallest absolute Gasteiger partial charge is 0.377 e. The summed E-state index contributed by atoms with van der Waals surface area (Å²) in [6.07, 6.45) is 0. The lowest BCUT2D eigenvalue weighted by Crippen LogP contribution is -2.20. The van der Waals surface area contributed by atoms with Gasteiger partial charge in [-0.15, -0.1) is 0 Å². The van der Waals surface area contributed by atoms with Gasteiger partial charge in [-0.2, -0.15) is 0 Å².